The van der Waals surface area contributed by atoms with Gasteiger partial charge < -0.3 is 15.5 Å². The van der Waals surface area contributed by atoms with Gasteiger partial charge in [-0.3, -0.25) is 4.99 Å². The molecule has 0 amide bonds. The smallest absolute Gasteiger partial charge is 0.191 e. The number of hydrogen-bond acceptors (Lipinski definition) is 4. The lowest BCUT2D eigenvalue weighted by molar-refractivity contribution is 0.139. The molecule has 0 aliphatic carbocycles. The van der Waals surface area contributed by atoms with E-state index in [1.165, 1.54) is 38.9 Å². The van der Waals surface area contributed by atoms with E-state index in [0.717, 1.165) is 43.9 Å². The molecular weight excluding hydrogens is 236 g/mol. The molecule has 1 saturated heterocycles. The molecule has 2 unspecified atom stereocenters. The third kappa shape index (κ3) is 5.39. The zero-order chi connectivity index (χ0) is 13.5. The molecule has 0 bridgehead atoms. The minimum Gasteiger partial charge on any atom is -0.356 e. The fourth-order valence-electron chi connectivity index (χ4n) is 3.29. The molecule has 0 saturated carbocycles. The van der Waals surface area contributed by atoms with Crippen LogP contribution in [-0.2, 0) is 0 Å². The topological polar surface area (TPSA) is 39.7 Å². The predicted octanol–water partition coefficient (Wildman–Crippen LogP) is 1.68. The van der Waals surface area contributed by atoms with Crippen molar-refractivity contribution >= 4 is 5.96 Å². The molecule has 1 fully saturated rings. The first kappa shape index (κ1) is 14.6. The zero-order valence-corrected chi connectivity index (χ0v) is 12.6. The van der Waals surface area contributed by atoms with Crippen molar-refractivity contribution in [3.05, 3.63) is 0 Å². The lowest BCUT2D eigenvalue weighted by Crippen LogP contribution is -2.41. The van der Waals surface area contributed by atoms with E-state index in [0.29, 0.717) is 0 Å². The molecule has 0 aromatic heterocycles. The summed E-state index contributed by atoms with van der Waals surface area (Å²) >= 11 is 0. The first-order chi connectivity index (χ1) is 9.24. The number of rotatable bonds is 5. The molecule has 0 aromatic rings. The molecule has 19 heavy (non-hydrogen) atoms. The fourth-order valence-corrected chi connectivity index (χ4v) is 3.29. The van der Waals surface area contributed by atoms with Gasteiger partial charge in [-0.15, -0.1) is 0 Å². The number of nitrogens with zero attached hydrogens (tertiary/aromatic N) is 2. The molecule has 2 atom stereocenters. The van der Waals surface area contributed by atoms with Crippen molar-refractivity contribution in [1.82, 2.24) is 15.5 Å². The minimum absolute atomic E-state index is 0.877. The predicted molar refractivity (Wildman–Crippen MR) is 81.5 cm³/mol. The Hall–Kier alpha value is -0.770. The summed E-state index contributed by atoms with van der Waals surface area (Å²) in [6, 6.07) is 0. The highest BCUT2D eigenvalue weighted by molar-refractivity contribution is 5.80. The van der Waals surface area contributed by atoms with Gasteiger partial charge in [0.05, 0.1) is 0 Å². The summed E-state index contributed by atoms with van der Waals surface area (Å²) in [6.45, 7) is 11.7. The summed E-state index contributed by atoms with van der Waals surface area (Å²) in [4.78, 5) is 7.07. The van der Waals surface area contributed by atoms with E-state index < -0.39 is 0 Å². The molecule has 2 rings (SSSR count). The van der Waals surface area contributed by atoms with E-state index in [1.807, 2.05) is 0 Å². The summed E-state index contributed by atoms with van der Waals surface area (Å²) in [5.41, 5.74) is 0. The van der Waals surface area contributed by atoms with Crippen LogP contribution in [0.1, 0.15) is 39.5 Å². The van der Waals surface area contributed by atoms with Crippen LogP contribution in [0.25, 0.3) is 0 Å². The molecule has 110 valence electrons. The third-order valence-electron chi connectivity index (χ3n) is 4.04. The summed E-state index contributed by atoms with van der Waals surface area (Å²) in [6.07, 6.45) is 5.10. The van der Waals surface area contributed by atoms with Crippen LogP contribution in [-0.4, -0.2) is 50.1 Å². The number of hydrogen-bond donors (Lipinski definition) is 2. The summed E-state index contributed by atoms with van der Waals surface area (Å²) < 4.78 is 0. The van der Waals surface area contributed by atoms with Gasteiger partial charge in [0.1, 0.15) is 0 Å². The molecule has 0 aromatic carbocycles. The number of nitrogens with one attached hydrogen (secondary N) is 2. The molecular formula is C15H30N4. The van der Waals surface area contributed by atoms with Crippen molar-refractivity contribution in [2.75, 3.05) is 39.3 Å². The van der Waals surface area contributed by atoms with Gasteiger partial charge in [0, 0.05) is 32.7 Å². The Morgan fingerprint density at radius 2 is 2.05 bits per heavy atom. The average Bonchev–Trinajstić information content (AvgIpc) is 2.38. The van der Waals surface area contributed by atoms with Crippen LogP contribution < -0.4 is 10.6 Å². The van der Waals surface area contributed by atoms with E-state index in [2.05, 4.69) is 34.4 Å². The van der Waals surface area contributed by atoms with Gasteiger partial charge in [0.2, 0.25) is 0 Å². The molecule has 0 radical (unpaired) electrons. The first-order valence-electron chi connectivity index (χ1n) is 7.98. The second-order valence-corrected chi connectivity index (χ2v) is 6.35. The second kappa shape index (κ2) is 7.73. The second-order valence-electron chi connectivity index (χ2n) is 6.35. The van der Waals surface area contributed by atoms with Crippen LogP contribution in [0.5, 0.6) is 0 Å². The maximum absolute atomic E-state index is 4.42. The summed E-state index contributed by atoms with van der Waals surface area (Å²) in [5, 5.41) is 6.70. The van der Waals surface area contributed by atoms with E-state index >= 15 is 0 Å². The number of guanidine groups is 1. The summed E-state index contributed by atoms with van der Waals surface area (Å²) in [7, 11) is 0. The standard InChI is InChI=1S/C15H30N4/c1-13-10-14(2)12-19(11-13)9-4-3-6-16-15-17-7-5-8-18-15/h13-14H,3-12H2,1-2H3,(H2,16,17,18). The summed E-state index contributed by atoms with van der Waals surface area (Å²) in [5.74, 6) is 2.76. The van der Waals surface area contributed by atoms with Gasteiger partial charge in [-0.25, -0.2) is 0 Å². The lowest BCUT2D eigenvalue weighted by Gasteiger charge is -2.34. The fraction of sp³-hybridized carbons (Fsp3) is 0.933. The van der Waals surface area contributed by atoms with Crippen molar-refractivity contribution in [3.8, 4) is 0 Å². The number of likely N-dealkylation sites (tertiary alicyclic amines) is 1. The Labute approximate surface area is 118 Å². The van der Waals surface area contributed by atoms with Crippen LogP contribution >= 0.6 is 0 Å². The third-order valence-corrected chi connectivity index (χ3v) is 4.04. The van der Waals surface area contributed by atoms with Gasteiger partial charge in [0.15, 0.2) is 5.96 Å². The molecule has 2 N–H and O–H groups in total. The minimum atomic E-state index is 0.877. The average molecular weight is 266 g/mol. The Bertz CT molecular complexity index is 280. The van der Waals surface area contributed by atoms with Crippen LogP contribution in [0.4, 0.5) is 0 Å². The number of piperidine rings is 1. The van der Waals surface area contributed by atoms with E-state index in [1.54, 1.807) is 0 Å². The van der Waals surface area contributed by atoms with Gasteiger partial charge in [0.25, 0.3) is 0 Å². The number of unbranched alkanes of at least 4 members (excludes halogenated alkanes) is 1. The van der Waals surface area contributed by atoms with Crippen LogP contribution in [0.2, 0.25) is 0 Å². The van der Waals surface area contributed by atoms with Crippen molar-refractivity contribution in [3.63, 3.8) is 0 Å². The molecule has 0 spiro atoms. The molecule has 2 aliphatic heterocycles. The van der Waals surface area contributed by atoms with Crippen LogP contribution in [0.15, 0.2) is 4.99 Å². The van der Waals surface area contributed by atoms with E-state index in [9.17, 15) is 0 Å². The van der Waals surface area contributed by atoms with Crippen molar-refractivity contribution in [1.29, 1.82) is 0 Å². The Morgan fingerprint density at radius 1 is 1.26 bits per heavy atom. The maximum atomic E-state index is 4.42. The highest BCUT2D eigenvalue weighted by Crippen LogP contribution is 2.20. The molecule has 2 aliphatic rings. The number of aliphatic imine (C=N–C) groups is 1. The normalized spacial score (nSPS) is 28.6. The van der Waals surface area contributed by atoms with E-state index in [-0.39, 0.29) is 0 Å². The monoisotopic (exact) mass is 266 g/mol. The van der Waals surface area contributed by atoms with Crippen LogP contribution in [0.3, 0.4) is 0 Å². The van der Waals surface area contributed by atoms with Gasteiger partial charge in [-0.2, -0.15) is 0 Å². The van der Waals surface area contributed by atoms with Crippen molar-refractivity contribution in [2.45, 2.75) is 39.5 Å². The zero-order valence-electron chi connectivity index (χ0n) is 12.6. The first-order valence-corrected chi connectivity index (χ1v) is 7.98. The highest BCUT2D eigenvalue weighted by Gasteiger charge is 2.20. The lowest BCUT2D eigenvalue weighted by atomic mass is 9.92. The highest BCUT2D eigenvalue weighted by atomic mass is 15.2. The van der Waals surface area contributed by atoms with Crippen LogP contribution in [0, 0.1) is 11.8 Å². The Morgan fingerprint density at radius 3 is 2.74 bits per heavy atom. The molecule has 4 nitrogen and oxygen atoms in total. The van der Waals surface area contributed by atoms with Gasteiger partial charge in [-0.05, 0) is 44.1 Å². The Kier molecular flexibility index (Phi) is 5.95. The van der Waals surface area contributed by atoms with Crippen molar-refractivity contribution < 1.29 is 0 Å². The molecule has 2 heterocycles. The van der Waals surface area contributed by atoms with Gasteiger partial charge >= 0.3 is 0 Å². The quantitative estimate of drug-likeness (QED) is 0.744. The largest absolute Gasteiger partial charge is 0.356 e. The Balaban J connectivity index is 1.53. The molecule has 4 heteroatoms. The van der Waals surface area contributed by atoms with Crippen molar-refractivity contribution in [2.24, 2.45) is 16.8 Å². The maximum Gasteiger partial charge on any atom is 0.191 e. The van der Waals surface area contributed by atoms with Gasteiger partial charge in [-0.1, -0.05) is 13.8 Å². The van der Waals surface area contributed by atoms with E-state index in [4.69, 9.17) is 0 Å². The SMILES string of the molecule is CC1CC(C)CN(CCCCNC2=NCCCN2)C1.